The summed E-state index contributed by atoms with van der Waals surface area (Å²) in [6.45, 7) is 0. The minimum atomic E-state index is -1.07. The molecule has 0 aliphatic carbocycles. The standard InChI is InChI=1S/C11H9N3O3S/c1-13-3-2-6(12-13)4-7-9(15)14-8(11(16)17)5-18-10(7)14/h2-5,10H,1H3,(H,16,17)/b7-4-. The van der Waals surface area contributed by atoms with Crippen molar-refractivity contribution in [1.82, 2.24) is 14.7 Å². The number of carbonyl (C=O) groups excluding carboxylic acids is 1. The molecule has 1 aromatic heterocycles. The Morgan fingerprint density at radius 3 is 3.00 bits per heavy atom. The van der Waals surface area contributed by atoms with Gasteiger partial charge in [0.15, 0.2) is 0 Å². The number of thioether (sulfide) groups is 1. The van der Waals surface area contributed by atoms with Crippen LogP contribution < -0.4 is 0 Å². The first-order valence-corrected chi connectivity index (χ1v) is 6.16. The molecule has 1 saturated heterocycles. The minimum absolute atomic E-state index is 0.0492. The van der Waals surface area contributed by atoms with Gasteiger partial charge in [0.05, 0.1) is 11.3 Å². The van der Waals surface area contributed by atoms with Crippen molar-refractivity contribution in [1.29, 1.82) is 0 Å². The van der Waals surface area contributed by atoms with Gasteiger partial charge in [-0.05, 0) is 12.1 Å². The largest absolute Gasteiger partial charge is 0.477 e. The fourth-order valence-corrected chi connectivity index (χ4v) is 3.05. The molecule has 7 heteroatoms. The third-order valence-electron chi connectivity index (χ3n) is 2.79. The molecule has 1 aromatic rings. The van der Waals surface area contributed by atoms with E-state index in [4.69, 9.17) is 5.11 Å². The summed E-state index contributed by atoms with van der Waals surface area (Å²) in [6, 6.07) is 1.80. The van der Waals surface area contributed by atoms with Crippen molar-refractivity contribution in [3.63, 3.8) is 0 Å². The van der Waals surface area contributed by atoms with Gasteiger partial charge >= 0.3 is 5.97 Å². The fourth-order valence-electron chi connectivity index (χ4n) is 1.94. The van der Waals surface area contributed by atoms with Gasteiger partial charge < -0.3 is 5.11 Å². The molecule has 6 nitrogen and oxygen atoms in total. The molecule has 1 atom stereocenters. The van der Waals surface area contributed by atoms with Gasteiger partial charge in [-0.1, -0.05) is 0 Å². The van der Waals surface area contributed by atoms with Gasteiger partial charge in [0.1, 0.15) is 11.1 Å². The van der Waals surface area contributed by atoms with E-state index in [1.165, 1.54) is 22.1 Å². The van der Waals surface area contributed by atoms with Gasteiger partial charge in [-0.2, -0.15) is 5.10 Å². The van der Waals surface area contributed by atoms with Crippen LogP contribution in [0, 0.1) is 0 Å². The SMILES string of the molecule is Cn1ccc(/C=C2/C(=O)N3C(C(=O)O)=CSC23)n1. The van der Waals surface area contributed by atoms with Crippen molar-refractivity contribution >= 4 is 29.7 Å². The normalized spacial score (nSPS) is 23.9. The smallest absolute Gasteiger partial charge is 0.353 e. The maximum atomic E-state index is 11.9. The summed E-state index contributed by atoms with van der Waals surface area (Å²) in [5.41, 5.74) is 1.34. The minimum Gasteiger partial charge on any atom is -0.477 e. The second-order valence-corrected chi connectivity index (χ2v) is 4.94. The van der Waals surface area contributed by atoms with E-state index in [1.54, 1.807) is 30.1 Å². The molecular formula is C11H9N3O3S. The molecule has 1 amide bonds. The molecule has 1 fully saturated rings. The summed E-state index contributed by atoms with van der Waals surface area (Å²) in [7, 11) is 1.80. The van der Waals surface area contributed by atoms with Crippen molar-refractivity contribution < 1.29 is 14.7 Å². The molecule has 2 aliphatic heterocycles. The Bertz CT molecular complexity index is 617. The maximum absolute atomic E-state index is 11.9. The highest BCUT2D eigenvalue weighted by molar-refractivity contribution is 8.03. The summed E-state index contributed by atoms with van der Waals surface area (Å²) in [5.74, 6) is -1.33. The topological polar surface area (TPSA) is 75.4 Å². The average Bonchev–Trinajstić information content (AvgIpc) is 2.89. The number of carboxylic acid groups (broad SMARTS) is 1. The summed E-state index contributed by atoms with van der Waals surface area (Å²) in [6.07, 6.45) is 3.49. The van der Waals surface area contributed by atoms with E-state index in [0.29, 0.717) is 11.3 Å². The van der Waals surface area contributed by atoms with Crippen LogP contribution in [0.5, 0.6) is 0 Å². The molecule has 0 spiro atoms. The van der Waals surface area contributed by atoms with Crippen LogP contribution in [0.1, 0.15) is 5.69 Å². The van der Waals surface area contributed by atoms with Crippen LogP contribution in [-0.4, -0.2) is 37.0 Å². The highest BCUT2D eigenvalue weighted by atomic mass is 32.2. The van der Waals surface area contributed by atoms with E-state index in [0.717, 1.165) is 0 Å². The number of hydrogen-bond donors (Lipinski definition) is 1. The first-order valence-electron chi connectivity index (χ1n) is 5.21. The molecule has 0 aromatic carbocycles. The zero-order valence-corrected chi connectivity index (χ0v) is 10.2. The Labute approximate surface area is 107 Å². The Morgan fingerprint density at radius 1 is 1.61 bits per heavy atom. The van der Waals surface area contributed by atoms with E-state index < -0.39 is 5.97 Å². The Morgan fingerprint density at radius 2 is 2.39 bits per heavy atom. The van der Waals surface area contributed by atoms with Crippen molar-refractivity contribution in [2.75, 3.05) is 0 Å². The number of nitrogens with zero attached hydrogens (tertiary/aromatic N) is 3. The van der Waals surface area contributed by atoms with Crippen molar-refractivity contribution in [3.8, 4) is 0 Å². The number of hydrogen-bond acceptors (Lipinski definition) is 4. The molecule has 3 rings (SSSR count). The Balaban J connectivity index is 1.86. The number of rotatable bonds is 2. The molecule has 3 heterocycles. The quantitative estimate of drug-likeness (QED) is 0.626. The Kier molecular flexibility index (Phi) is 2.30. The molecule has 1 N–H and O–H groups in total. The zero-order chi connectivity index (χ0) is 12.9. The van der Waals surface area contributed by atoms with E-state index in [-0.39, 0.29) is 17.0 Å². The third kappa shape index (κ3) is 1.47. The zero-order valence-electron chi connectivity index (χ0n) is 9.40. The number of aliphatic carboxylic acids is 1. The van der Waals surface area contributed by atoms with Crippen LogP contribution >= 0.6 is 11.8 Å². The average molecular weight is 263 g/mol. The lowest BCUT2D eigenvalue weighted by atomic mass is 10.0. The molecule has 2 aliphatic rings. The van der Waals surface area contributed by atoms with E-state index in [9.17, 15) is 9.59 Å². The summed E-state index contributed by atoms with van der Waals surface area (Å²) >= 11 is 1.33. The molecule has 0 saturated carbocycles. The van der Waals surface area contributed by atoms with E-state index in [1.807, 2.05) is 0 Å². The number of aryl methyl sites for hydroxylation is 1. The van der Waals surface area contributed by atoms with Crippen molar-refractivity contribution in [2.24, 2.45) is 7.05 Å². The van der Waals surface area contributed by atoms with Crippen LogP contribution in [0.3, 0.4) is 0 Å². The van der Waals surface area contributed by atoms with Gasteiger partial charge in [0.2, 0.25) is 0 Å². The van der Waals surface area contributed by atoms with Crippen LogP contribution in [0.4, 0.5) is 0 Å². The highest BCUT2D eigenvalue weighted by Gasteiger charge is 2.49. The number of aromatic nitrogens is 2. The predicted molar refractivity (Wildman–Crippen MR) is 65.1 cm³/mol. The van der Waals surface area contributed by atoms with Gasteiger partial charge in [0.25, 0.3) is 5.91 Å². The first kappa shape index (κ1) is 11.1. The molecule has 18 heavy (non-hydrogen) atoms. The van der Waals surface area contributed by atoms with Crippen LogP contribution in [0.25, 0.3) is 6.08 Å². The number of carboxylic acids is 1. The van der Waals surface area contributed by atoms with Gasteiger partial charge in [-0.15, -0.1) is 11.8 Å². The molecule has 0 radical (unpaired) electrons. The van der Waals surface area contributed by atoms with Gasteiger partial charge in [-0.3, -0.25) is 14.4 Å². The highest BCUT2D eigenvalue weighted by Crippen LogP contribution is 2.44. The molecular weight excluding hydrogens is 254 g/mol. The molecule has 92 valence electrons. The number of carbonyl (C=O) groups is 2. The van der Waals surface area contributed by atoms with E-state index in [2.05, 4.69) is 5.10 Å². The number of amides is 1. The lowest BCUT2D eigenvalue weighted by molar-refractivity contribution is -0.141. The van der Waals surface area contributed by atoms with Crippen molar-refractivity contribution in [2.45, 2.75) is 5.37 Å². The van der Waals surface area contributed by atoms with Gasteiger partial charge in [0, 0.05) is 18.7 Å². The second kappa shape index (κ2) is 3.74. The summed E-state index contributed by atoms with van der Waals surface area (Å²) in [4.78, 5) is 24.1. The van der Waals surface area contributed by atoms with Crippen LogP contribution in [0.15, 0.2) is 28.9 Å². The Hall–Kier alpha value is -2.02. The summed E-state index contributed by atoms with van der Waals surface area (Å²) in [5, 5.41) is 14.4. The fraction of sp³-hybridized carbons (Fsp3) is 0.182. The maximum Gasteiger partial charge on any atom is 0.353 e. The van der Waals surface area contributed by atoms with Crippen molar-refractivity contribution in [3.05, 3.63) is 34.6 Å². The number of fused-ring (bicyclic) bond motifs is 1. The predicted octanol–water partition coefficient (Wildman–Crippen LogP) is 0.645. The first-order chi connectivity index (χ1) is 8.58. The molecule has 1 unspecified atom stereocenters. The number of β-lactam (4-membered cyclic amide) rings is 1. The lowest BCUT2D eigenvalue weighted by Crippen LogP contribution is -2.51. The third-order valence-corrected chi connectivity index (χ3v) is 3.87. The lowest BCUT2D eigenvalue weighted by Gasteiger charge is -2.36. The second-order valence-electron chi connectivity index (χ2n) is 3.99. The van der Waals surface area contributed by atoms with E-state index >= 15 is 0 Å². The van der Waals surface area contributed by atoms with Gasteiger partial charge in [-0.25, -0.2) is 4.79 Å². The monoisotopic (exact) mass is 263 g/mol. The molecule has 0 bridgehead atoms. The summed E-state index contributed by atoms with van der Waals surface area (Å²) < 4.78 is 1.65. The van der Waals surface area contributed by atoms with Crippen LogP contribution in [-0.2, 0) is 16.6 Å². The van der Waals surface area contributed by atoms with Crippen LogP contribution in [0.2, 0.25) is 0 Å².